The Morgan fingerprint density at radius 2 is 2.28 bits per heavy atom. The molecule has 0 unspecified atom stereocenters. The van der Waals surface area contributed by atoms with Crippen LogP contribution in [0.5, 0.6) is 0 Å². The van der Waals surface area contributed by atoms with E-state index in [1.807, 2.05) is 19.1 Å². The van der Waals surface area contributed by atoms with Crippen molar-refractivity contribution in [2.45, 2.75) is 33.1 Å². The maximum absolute atomic E-state index is 12.6. The van der Waals surface area contributed by atoms with Gasteiger partial charge in [0.25, 0.3) is 5.91 Å². The number of amides is 2. The van der Waals surface area contributed by atoms with Gasteiger partial charge in [-0.05, 0) is 38.0 Å². The van der Waals surface area contributed by atoms with Crippen molar-refractivity contribution < 1.29 is 14.3 Å². The highest BCUT2D eigenvalue weighted by molar-refractivity contribution is 7.13. The maximum Gasteiger partial charge on any atom is 0.414 e. The zero-order valence-corrected chi connectivity index (χ0v) is 15.2. The van der Waals surface area contributed by atoms with E-state index in [-0.39, 0.29) is 12.0 Å². The van der Waals surface area contributed by atoms with Crippen molar-refractivity contribution in [3.05, 3.63) is 39.8 Å². The Labute approximate surface area is 150 Å². The summed E-state index contributed by atoms with van der Waals surface area (Å²) < 4.78 is 4.95. The fourth-order valence-electron chi connectivity index (χ4n) is 2.67. The van der Waals surface area contributed by atoms with Crippen molar-refractivity contribution in [1.82, 2.24) is 4.98 Å². The highest BCUT2D eigenvalue weighted by Crippen LogP contribution is 2.25. The zero-order chi connectivity index (χ0) is 17.8. The van der Waals surface area contributed by atoms with E-state index >= 15 is 0 Å². The topological polar surface area (TPSA) is 71.5 Å². The third-order valence-corrected chi connectivity index (χ3v) is 5.18. The number of anilines is 2. The van der Waals surface area contributed by atoms with E-state index in [9.17, 15) is 9.59 Å². The highest BCUT2D eigenvalue weighted by Gasteiger charge is 2.24. The SMILES string of the molecule is CCCCc1nc(C)c(C(=O)Nc2cccc(N3CCOC3=O)c2)s1. The van der Waals surface area contributed by atoms with Crippen molar-refractivity contribution in [2.75, 3.05) is 23.4 Å². The largest absolute Gasteiger partial charge is 0.447 e. The van der Waals surface area contributed by atoms with Crippen LogP contribution < -0.4 is 10.2 Å². The third-order valence-electron chi connectivity index (χ3n) is 3.97. The van der Waals surface area contributed by atoms with Crippen molar-refractivity contribution in [2.24, 2.45) is 0 Å². The summed E-state index contributed by atoms with van der Waals surface area (Å²) in [7, 11) is 0. The van der Waals surface area contributed by atoms with E-state index in [2.05, 4.69) is 17.2 Å². The first-order valence-corrected chi connectivity index (χ1v) is 9.22. The Kier molecular flexibility index (Phi) is 5.33. The number of unbranched alkanes of at least 4 members (excludes halogenated alkanes) is 1. The van der Waals surface area contributed by atoms with Crippen molar-refractivity contribution in [1.29, 1.82) is 0 Å². The summed E-state index contributed by atoms with van der Waals surface area (Å²) in [4.78, 5) is 30.9. The lowest BCUT2D eigenvalue weighted by atomic mass is 10.2. The van der Waals surface area contributed by atoms with Gasteiger partial charge >= 0.3 is 6.09 Å². The number of aryl methyl sites for hydroxylation is 2. The number of nitrogens with one attached hydrogen (secondary N) is 1. The summed E-state index contributed by atoms with van der Waals surface area (Å²) >= 11 is 1.45. The third kappa shape index (κ3) is 3.99. The minimum atomic E-state index is -0.359. The number of nitrogens with zero attached hydrogens (tertiary/aromatic N) is 2. The van der Waals surface area contributed by atoms with Gasteiger partial charge in [-0.3, -0.25) is 9.69 Å². The van der Waals surface area contributed by atoms with E-state index in [4.69, 9.17) is 4.74 Å². The second-order valence-corrected chi connectivity index (χ2v) is 6.98. The number of rotatable bonds is 6. The average Bonchev–Trinajstić information content (AvgIpc) is 3.18. The Hall–Kier alpha value is -2.41. The number of carbonyl (C=O) groups excluding carboxylic acids is 2. The number of carbonyl (C=O) groups is 2. The van der Waals surface area contributed by atoms with Crippen LogP contribution in [0.15, 0.2) is 24.3 Å². The fourth-order valence-corrected chi connectivity index (χ4v) is 3.67. The Morgan fingerprint density at radius 3 is 3.00 bits per heavy atom. The summed E-state index contributed by atoms with van der Waals surface area (Å²) in [5.74, 6) is -0.168. The van der Waals surface area contributed by atoms with Crippen LogP contribution in [0.2, 0.25) is 0 Å². The van der Waals surface area contributed by atoms with Gasteiger partial charge in [0, 0.05) is 11.4 Å². The number of thiazole rings is 1. The molecule has 25 heavy (non-hydrogen) atoms. The normalized spacial score (nSPS) is 13.8. The van der Waals surface area contributed by atoms with Gasteiger partial charge < -0.3 is 10.1 Å². The first kappa shape index (κ1) is 17.4. The van der Waals surface area contributed by atoms with Gasteiger partial charge in [-0.1, -0.05) is 19.4 Å². The van der Waals surface area contributed by atoms with Crippen LogP contribution in [0.4, 0.5) is 16.2 Å². The second kappa shape index (κ2) is 7.65. The van der Waals surface area contributed by atoms with Gasteiger partial charge in [0.1, 0.15) is 11.5 Å². The van der Waals surface area contributed by atoms with Crippen LogP contribution in [0.25, 0.3) is 0 Å². The molecule has 7 heteroatoms. The molecule has 132 valence electrons. The van der Waals surface area contributed by atoms with Crippen LogP contribution in [0.1, 0.15) is 40.1 Å². The van der Waals surface area contributed by atoms with E-state index in [1.165, 1.54) is 11.3 Å². The molecule has 0 radical (unpaired) electrons. The van der Waals surface area contributed by atoms with E-state index in [1.54, 1.807) is 17.0 Å². The van der Waals surface area contributed by atoms with Crippen LogP contribution in [0, 0.1) is 6.92 Å². The molecule has 3 rings (SSSR count). The van der Waals surface area contributed by atoms with Gasteiger partial charge in [0.05, 0.1) is 17.2 Å². The Balaban J connectivity index is 1.73. The van der Waals surface area contributed by atoms with Crippen LogP contribution in [-0.2, 0) is 11.2 Å². The van der Waals surface area contributed by atoms with Gasteiger partial charge in [0.2, 0.25) is 0 Å². The lowest BCUT2D eigenvalue weighted by molar-refractivity contribution is 0.102. The summed E-state index contributed by atoms with van der Waals surface area (Å²) in [5.41, 5.74) is 2.11. The molecule has 2 amide bonds. The number of cyclic esters (lactones) is 1. The monoisotopic (exact) mass is 359 g/mol. The Morgan fingerprint density at radius 1 is 1.44 bits per heavy atom. The van der Waals surface area contributed by atoms with Crippen LogP contribution >= 0.6 is 11.3 Å². The highest BCUT2D eigenvalue weighted by atomic mass is 32.1. The van der Waals surface area contributed by atoms with Crippen molar-refractivity contribution in [3.8, 4) is 0 Å². The number of ether oxygens (including phenoxy) is 1. The van der Waals surface area contributed by atoms with Gasteiger partial charge in [-0.25, -0.2) is 9.78 Å². The van der Waals surface area contributed by atoms with Gasteiger partial charge in [-0.15, -0.1) is 11.3 Å². The molecule has 0 saturated carbocycles. The number of hydrogen-bond acceptors (Lipinski definition) is 5. The van der Waals surface area contributed by atoms with Crippen molar-refractivity contribution >= 4 is 34.7 Å². The summed E-state index contributed by atoms with van der Waals surface area (Å²) in [6, 6.07) is 7.21. The molecular formula is C18H21N3O3S. The fraction of sp³-hybridized carbons (Fsp3) is 0.389. The molecule has 1 aliphatic rings. The van der Waals surface area contributed by atoms with Gasteiger partial charge in [0.15, 0.2) is 0 Å². The smallest absolute Gasteiger partial charge is 0.414 e. The molecule has 1 aromatic carbocycles. The van der Waals surface area contributed by atoms with E-state index in [0.29, 0.717) is 29.4 Å². The molecule has 1 N–H and O–H groups in total. The summed E-state index contributed by atoms with van der Waals surface area (Å²) in [6.45, 7) is 4.90. The molecule has 0 atom stereocenters. The molecule has 6 nitrogen and oxygen atoms in total. The minimum Gasteiger partial charge on any atom is -0.447 e. The van der Waals surface area contributed by atoms with E-state index < -0.39 is 0 Å². The molecule has 1 aromatic heterocycles. The quantitative estimate of drug-likeness (QED) is 0.846. The average molecular weight is 359 g/mol. The number of hydrogen-bond donors (Lipinski definition) is 1. The minimum absolute atomic E-state index is 0.168. The maximum atomic E-state index is 12.6. The standard InChI is InChI=1S/C18H21N3O3S/c1-3-4-8-15-19-12(2)16(25-15)17(22)20-13-6-5-7-14(11-13)21-9-10-24-18(21)23/h5-7,11H,3-4,8-10H2,1-2H3,(H,20,22). The molecule has 0 aliphatic carbocycles. The Bertz CT molecular complexity index is 788. The molecular weight excluding hydrogens is 338 g/mol. The van der Waals surface area contributed by atoms with E-state index in [0.717, 1.165) is 30.0 Å². The van der Waals surface area contributed by atoms with Gasteiger partial charge in [-0.2, -0.15) is 0 Å². The van der Waals surface area contributed by atoms with Crippen LogP contribution in [0.3, 0.4) is 0 Å². The number of aromatic nitrogens is 1. The summed E-state index contributed by atoms with van der Waals surface area (Å²) in [5, 5.41) is 3.90. The molecule has 2 aromatic rings. The van der Waals surface area contributed by atoms with Crippen molar-refractivity contribution in [3.63, 3.8) is 0 Å². The number of benzene rings is 1. The first-order valence-electron chi connectivity index (χ1n) is 8.40. The molecule has 1 fully saturated rings. The molecule has 0 bridgehead atoms. The molecule has 1 aliphatic heterocycles. The summed E-state index contributed by atoms with van der Waals surface area (Å²) in [6.07, 6.45) is 2.72. The van der Waals surface area contributed by atoms with Crippen LogP contribution in [-0.4, -0.2) is 30.1 Å². The predicted octanol–water partition coefficient (Wildman–Crippen LogP) is 4.00. The predicted molar refractivity (Wildman–Crippen MR) is 98.6 cm³/mol. The molecule has 0 spiro atoms. The lowest BCUT2D eigenvalue weighted by Gasteiger charge is -2.14. The lowest BCUT2D eigenvalue weighted by Crippen LogP contribution is -2.23. The zero-order valence-electron chi connectivity index (χ0n) is 14.4. The first-order chi connectivity index (χ1) is 12.1. The molecule has 1 saturated heterocycles. The second-order valence-electron chi connectivity index (χ2n) is 5.90. The molecule has 2 heterocycles.